The molecule has 0 aliphatic carbocycles. The smallest absolute Gasteiger partial charge is 0.315 e. The summed E-state index contributed by atoms with van der Waals surface area (Å²) >= 11 is 0. The lowest BCUT2D eigenvalue weighted by Crippen LogP contribution is -2.24. The van der Waals surface area contributed by atoms with E-state index in [0.717, 1.165) is 12.2 Å². The summed E-state index contributed by atoms with van der Waals surface area (Å²) in [6.07, 6.45) is 7.46. The van der Waals surface area contributed by atoms with Crippen LogP contribution in [-0.4, -0.2) is 19.7 Å². The third-order valence-corrected chi connectivity index (χ3v) is 3.35. The SMILES string of the molecule is CCCCCCCc1ccccc1OC(OCC)OCC. The topological polar surface area (TPSA) is 27.7 Å². The largest absolute Gasteiger partial charge is 0.441 e. The zero-order chi connectivity index (χ0) is 15.3. The molecule has 0 N–H and O–H groups in total. The van der Waals surface area contributed by atoms with Crippen LogP contribution in [0.4, 0.5) is 0 Å². The zero-order valence-electron chi connectivity index (χ0n) is 13.8. The highest BCUT2D eigenvalue weighted by Gasteiger charge is 2.12. The lowest BCUT2D eigenvalue weighted by Gasteiger charge is -2.20. The first-order chi connectivity index (χ1) is 10.3. The van der Waals surface area contributed by atoms with Crippen LogP contribution in [0.2, 0.25) is 0 Å². The van der Waals surface area contributed by atoms with E-state index in [1.165, 1.54) is 37.7 Å². The van der Waals surface area contributed by atoms with E-state index in [9.17, 15) is 0 Å². The Hall–Kier alpha value is -1.06. The highest BCUT2D eigenvalue weighted by Crippen LogP contribution is 2.22. The second-order valence-corrected chi connectivity index (χ2v) is 5.09. The Morgan fingerprint density at radius 1 is 0.857 bits per heavy atom. The third kappa shape index (κ3) is 7.49. The van der Waals surface area contributed by atoms with Gasteiger partial charge in [-0.1, -0.05) is 50.8 Å². The van der Waals surface area contributed by atoms with E-state index in [2.05, 4.69) is 19.1 Å². The first-order valence-electron chi connectivity index (χ1n) is 8.29. The van der Waals surface area contributed by atoms with Gasteiger partial charge in [0.2, 0.25) is 0 Å². The highest BCUT2D eigenvalue weighted by molar-refractivity contribution is 5.33. The van der Waals surface area contributed by atoms with Crippen molar-refractivity contribution in [1.29, 1.82) is 0 Å². The maximum Gasteiger partial charge on any atom is 0.315 e. The van der Waals surface area contributed by atoms with Gasteiger partial charge < -0.3 is 14.2 Å². The molecule has 0 unspecified atom stereocenters. The Kier molecular flexibility index (Phi) is 9.92. The number of hydrogen-bond donors (Lipinski definition) is 0. The van der Waals surface area contributed by atoms with Gasteiger partial charge in [-0.3, -0.25) is 0 Å². The van der Waals surface area contributed by atoms with Gasteiger partial charge in [0.15, 0.2) is 0 Å². The van der Waals surface area contributed by atoms with Gasteiger partial charge in [-0.2, -0.15) is 0 Å². The number of ether oxygens (including phenoxy) is 3. The molecule has 3 heteroatoms. The van der Waals surface area contributed by atoms with E-state index in [1.54, 1.807) is 0 Å². The summed E-state index contributed by atoms with van der Waals surface area (Å²) in [6.45, 7) is 6.66. The number of unbranched alkanes of at least 4 members (excludes halogenated alkanes) is 4. The van der Waals surface area contributed by atoms with Crippen molar-refractivity contribution in [2.75, 3.05) is 13.2 Å². The summed E-state index contributed by atoms with van der Waals surface area (Å²) in [5.41, 5.74) is 1.23. The van der Waals surface area contributed by atoms with Crippen LogP contribution in [0.5, 0.6) is 5.75 Å². The second-order valence-electron chi connectivity index (χ2n) is 5.09. The molecule has 0 heterocycles. The minimum Gasteiger partial charge on any atom is -0.441 e. The zero-order valence-corrected chi connectivity index (χ0v) is 13.8. The molecule has 0 bridgehead atoms. The molecule has 0 spiro atoms. The molecule has 0 aliphatic rings. The number of rotatable bonds is 12. The van der Waals surface area contributed by atoms with Crippen molar-refractivity contribution in [2.45, 2.75) is 65.8 Å². The summed E-state index contributed by atoms with van der Waals surface area (Å²) in [5, 5.41) is 0. The summed E-state index contributed by atoms with van der Waals surface area (Å²) < 4.78 is 16.8. The fraction of sp³-hybridized carbons (Fsp3) is 0.667. The molecule has 0 saturated carbocycles. The van der Waals surface area contributed by atoms with Gasteiger partial charge >= 0.3 is 6.48 Å². The average molecular weight is 294 g/mol. The molecule has 21 heavy (non-hydrogen) atoms. The monoisotopic (exact) mass is 294 g/mol. The van der Waals surface area contributed by atoms with Crippen LogP contribution in [-0.2, 0) is 15.9 Å². The average Bonchev–Trinajstić information content (AvgIpc) is 2.49. The van der Waals surface area contributed by atoms with Gasteiger partial charge in [0.1, 0.15) is 5.75 Å². The molecule has 3 nitrogen and oxygen atoms in total. The third-order valence-electron chi connectivity index (χ3n) is 3.35. The molecular weight excluding hydrogens is 264 g/mol. The van der Waals surface area contributed by atoms with E-state index < -0.39 is 6.48 Å². The first-order valence-corrected chi connectivity index (χ1v) is 8.29. The van der Waals surface area contributed by atoms with Crippen molar-refractivity contribution in [1.82, 2.24) is 0 Å². The van der Waals surface area contributed by atoms with Crippen LogP contribution in [0.3, 0.4) is 0 Å². The van der Waals surface area contributed by atoms with Crippen LogP contribution in [0, 0.1) is 0 Å². The molecule has 120 valence electrons. The molecule has 0 aromatic heterocycles. The predicted octanol–water partition coefficient (Wildman–Crippen LogP) is 4.93. The van der Waals surface area contributed by atoms with Crippen molar-refractivity contribution in [2.24, 2.45) is 0 Å². The van der Waals surface area contributed by atoms with Gasteiger partial charge in [0.05, 0.1) is 13.2 Å². The molecule has 0 aliphatic heterocycles. The van der Waals surface area contributed by atoms with E-state index in [4.69, 9.17) is 14.2 Å². The van der Waals surface area contributed by atoms with Crippen molar-refractivity contribution < 1.29 is 14.2 Å². The van der Waals surface area contributed by atoms with Crippen molar-refractivity contribution in [3.8, 4) is 5.75 Å². The van der Waals surface area contributed by atoms with Crippen LogP contribution in [0.1, 0.15) is 58.4 Å². The van der Waals surface area contributed by atoms with Gasteiger partial charge in [-0.15, -0.1) is 0 Å². The number of aryl methyl sites for hydroxylation is 1. The van der Waals surface area contributed by atoms with E-state index in [-0.39, 0.29) is 0 Å². The van der Waals surface area contributed by atoms with Crippen molar-refractivity contribution in [3.05, 3.63) is 29.8 Å². The molecular formula is C18H30O3. The minimum absolute atomic E-state index is 0.573. The molecule has 1 aromatic rings. The highest BCUT2D eigenvalue weighted by atomic mass is 16.8. The number of benzene rings is 1. The van der Waals surface area contributed by atoms with Gasteiger partial charge in [-0.05, 0) is 38.3 Å². The maximum atomic E-state index is 5.86. The standard InChI is InChI=1S/C18H30O3/c1-4-7-8-9-10-13-16-14-11-12-15-17(16)21-18(19-5-2)20-6-3/h11-12,14-15,18H,4-10,13H2,1-3H3. The van der Waals surface area contributed by atoms with Crippen LogP contribution in [0.25, 0.3) is 0 Å². The lowest BCUT2D eigenvalue weighted by molar-refractivity contribution is -0.242. The summed E-state index contributed by atoms with van der Waals surface area (Å²) in [6, 6.07) is 8.17. The first kappa shape index (κ1) is 18.0. The quantitative estimate of drug-likeness (QED) is 0.404. The molecule has 1 rings (SSSR count). The fourth-order valence-electron chi connectivity index (χ4n) is 2.24. The Labute approximate surface area is 129 Å². The van der Waals surface area contributed by atoms with Crippen LogP contribution >= 0.6 is 0 Å². The van der Waals surface area contributed by atoms with E-state index in [0.29, 0.717) is 13.2 Å². The minimum atomic E-state index is -0.610. The van der Waals surface area contributed by atoms with Crippen molar-refractivity contribution in [3.63, 3.8) is 0 Å². The molecule has 0 atom stereocenters. The van der Waals surface area contributed by atoms with Gasteiger partial charge in [0, 0.05) is 0 Å². The number of hydrogen-bond acceptors (Lipinski definition) is 3. The van der Waals surface area contributed by atoms with Gasteiger partial charge in [0.25, 0.3) is 0 Å². The van der Waals surface area contributed by atoms with Crippen LogP contribution in [0.15, 0.2) is 24.3 Å². The lowest BCUT2D eigenvalue weighted by atomic mass is 10.0. The Morgan fingerprint density at radius 2 is 1.52 bits per heavy atom. The Bertz CT molecular complexity index is 359. The van der Waals surface area contributed by atoms with E-state index in [1.807, 2.05) is 26.0 Å². The van der Waals surface area contributed by atoms with Gasteiger partial charge in [-0.25, -0.2) is 0 Å². The predicted molar refractivity (Wildman–Crippen MR) is 86.6 cm³/mol. The van der Waals surface area contributed by atoms with E-state index >= 15 is 0 Å². The fourth-order valence-corrected chi connectivity index (χ4v) is 2.24. The Morgan fingerprint density at radius 3 is 2.19 bits per heavy atom. The Balaban J connectivity index is 2.52. The maximum absolute atomic E-state index is 5.86. The summed E-state index contributed by atoms with van der Waals surface area (Å²) in [4.78, 5) is 0. The molecule has 0 radical (unpaired) electrons. The normalized spacial score (nSPS) is 11.0. The molecule has 1 aromatic carbocycles. The van der Waals surface area contributed by atoms with Crippen LogP contribution < -0.4 is 4.74 Å². The molecule has 0 fully saturated rings. The molecule has 0 saturated heterocycles. The summed E-state index contributed by atoms with van der Waals surface area (Å²) in [5.74, 6) is 0.875. The second kappa shape index (κ2) is 11.6. The number of para-hydroxylation sites is 1. The molecule has 0 amide bonds. The summed E-state index contributed by atoms with van der Waals surface area (Å²) in [7, 11) is 0. The van der Waals surface area contributed by atoms with Crippen molar-refractivity contribution >= 4 is 0 Å².